The Kier molecular flexibility index (Phi) is 7.72. The smallest absolute Gasteiger partial charge is 0.224 e. The maximum absolute atomic E-state index is 12.2. The third-order valence-corrected chi connectivity index (χ3v) is 5.03. The third kappa shape index (κ3) is 5.16. The van der Waals surface area contributed by atoms with Crippen LogP contribution in [0.2, 0.25) is 0 Å². The number of likely N-dealkylation sites (N-methyl/N-ethyl adjacent to an activating group) is 1. The molecule has 0 aliphatic carbocycles. The van der Waals surface area contributed by atoms with Crippen LogP contribution in [0, 0.1) is 0 Å². The molecule has 1 unspecified atom stereocenters. The van der Waals surface area contributed by atoms with Crippen molar-refractivity contribution in [1.29, 1.82) is 0 Å². The maximum atomic E-state index is 12.2. The Bertz CT molecular complexity index is 420. The van der Waals surface area contributed by atoms with E-state index in [0.717, 1.165) is 23.4 Å². The molecule has 1 amide bonds. The van der Waals surface area contributed by atoms with Gasteiger partial charge in [0.05, 0.1) is 3.79 Å². The molecule has 1 aromatic heterocycles. The van der Waals surface area contributed by atoms with Crippen molar-refractivity contribution < 1.29 is 4.79 Å². The minimum absolute atomic E-state index is 0.0850. The van der Waals surface area contributed by atoms with E-state index in [4.69, 9.17) is 5.73 Å². The molecule has 0 radical (unpaired) electrons. The summed E-state index contributed by atoms with van der Waals surface area (Å²) >= 11 is 5.14. The van der Waals surface area contributed by atoms with E-state index in [1.54, 1.807) is 11.3 Å². The van der Waals surface area contributed by atoms with Gasteiger partial charge >= 0.3 is 0 Å². The van der Waals surface area contributed by atoms with Gasteiger partial charge in [-0.05, 0) is 53.8 Å². The molecule has 20 heavy (non-hydrogen) atoms. The van der Waals surface area contributed by atoms with Crippen molar-refractivity contribution in [2.75, 3.05) is 26.7 Å². The lowest BCUT2D eigenvalue weighted by atomic mass is 10.1. The van der Waals surface area contributed by atoms with Gasteiger partial charge in [0.25, 0.3) is 0 Å². The molecule has 0 fully saturated rings. The molecular formula is C14H24BrN3OS. The first-order valence-electron chi connectivity index (χ1n) is 6.92. The number of rotatable bonds is 8. The number of nitrogens with two attached hydrogens (primary N) is 1. The van der Waals surface area contributed by atoms with E-state index < -0.39 is 0 Å². The Balaban J connectivity index is 2.58. The van der Waals surface area contributed by atoms with Crippen LogP contribution in [0.25, 0.3) is 0 Å². The van der Waals surface area contributed by atoms with Gasteiger partial charge in [-0.2, -0.15) is 0 Å². The predicted octanol–water partition coefficient (Wildman–Crippen LogP) is 2.53. The quantitative estimate of drug-likeness (QED) is 0.773. The molecule has 2 N–H and O–H groups in total. The van der Waals surface area contributed by atoms with Gasteiger partial charge in [0, 0.05) is 38.6 Å². The van der Waals surface area contributed by atoms with E-state index >= 15 is 0 Å². The summed E-state index contributed by atoms with van der Waals surface area (Å²) in [5.74, 6) is 0.184. The van der Waals surface area contributed by atoms with Gasteiger partial charge in [-0.25, -0.2) is 0 Å². The molecule has 0 bridgehead atoms. The van der Waals surface area contributed by atoms with Crippen LogP contribution in [0.1, 0.15) is 25.8 Å². The van der Waals surface area contributed by atoms with Gasteiger partial charge in [0.2, 0.25) is 5.91 Å². The Hall–Kier alpha value is -0.430. The van der Waals surface area contributed by atoms with Crippen molar-refractivity contribution in [2.24, 2.45) is 5.73 Å². The van der Waals surface area contributed by atoms with Crippen LogP contribution in [0.3, 0.4) is 0 Å². The van der Waals surface area contributed by atoms with Crippen LogP contribution in [-0.4, -0.2) is 48.4 Å². The molecule has 114 valence electrons. The summed E-state index contributed by atoms with van der Waals surface area (Å²) in [6.07, 6.45) is 0.486. The number of nitrogens with zero attached hydrogens (tertiary/aromatic N) is 2. The Labute approximate surface area is 134 Å². The monoisotopic (exact) mass is 361 g/mol. The van der Waals surface area contributed by atoms with E-state index in [0.29, 0.717) is 13.0 Å². The SMILES string of the molecule is CCN(CC)C(=O)CC(CN)N(C)Cc1csc(Br)c1. The van der Waals surface area contributed by atoms with E-state index in [2.05, 4.69) is 32.3 Å². The second kappa shape index (κ2) is 8.77. The zero-order valence-corrected chi connectivity index (χ0v) is 14.8. The number of carbonyl (C=O) groups is 1. The number of hydrogen-bond donors (Lipinski definition) is 1. The fourth-order valence-electron chi connectivity index (χ4n) is 2.17. The molecule has 0 aliphatic heterocycles. The largest absolute Gasteiger partial charge is 0.343 e. The van der Waals surface area contributed by atoms with Gasteiger partial charge in [0.15, 0.2) is 0 Å². The van der Waals surface area contributed by atoms with Crippen LogP contribution in [-0.2, 0) is 11.3 Å². The highest BCUT2D eigenvalue weighted by atomic mass is 79.9. The zero-order chi connectivity index (χ0) is 15.1. The molecule has 1 aromatic rings. The summed E-state index contributed by atoms with van der Waals surface area (Å²) in [6, 6.07) is 2.20. The first-order chi connectivity index (χ1) is 9.51. The van der Waals surface area contributed by atoms with E-state index in [9.17, 15) is 4.79 Å². The first kappa shape index (κ1) is 17.6. The van der Waals surface area contributed by atoms with Crippen molar-refractivity contribution in [3.05, 3.63) is 20.8 Å². The molecule has 1 heterocycles. The van der Waals surface area contributed by atoms with Crippen molar-refractivity contribution >= 4 is 33.2 Å². The van der Waals surface area contributed by atoms with Crippen LogP contribution >= 0.6 is 27.3 Å². The van der Waals surface area contributed by atoms with Crippen molar-refractivity contribution in [1.82, 2.24) is 9.80 Å². The summed E-state index contributed by atoms with van der Waals surface area (Å²) in [5.41, 5.74) is 7.09. The van der Waals surface area contributed by atoms with Crippen molar-refractivity contribution in [3.8, 4) is 0 Å². The highest BCUT2D eigenvalue weighted by Gasteiger charge is 2.20. The van der Waals surface area contributed by atoms with Gasteiger partial charge in [-0.15, -0.1) is 11.3 Å². The standard InChI is InChI=1S/C14H24BrN3OS/c1-4-18(5-2)14(19)7-12(8-16)17(3)9-11-6-13(15)20-10-11/h6,10,12H,4-5,7-9,16H2,1-3H3. The lowest BCUT2D eigenvalue weighted by molar-refractivity contribution is -0.132. The Morgan fingerprint density at radius 2 is 2.10 bits per heavy atom. The molecule has 0 spiro atoms. The van der Waals surface area contributed by atoms with Crippen molar-refractivity contribution in [2.45, 2.75) is 32.9 Å². The van der Waals surface area contributed by atoms with Crippen molar-refractivity contribution in [3.63, 3.8) is 0 Å². The van der Waals surface area contributed by atoms with E-state index in [1.165, 1.54) is 5.56 Å². The van der Waals surface area contributed by atoms with E-state index in [-0.39, 0.29) is 11.9 Å². The molecule has 6 heteroatoms. The fraction of sp³-hybridized carbons (Fsp3) is 0.643. The second-order valence-electron chi connectivity index (χ2n) is 4.83. The molecule has 0 saturated carbocycles. The second-order valence-corrected chi connectivity index (χ2v) is 7.12. The van der Waals surface area contributed by atoms with E-state index in [1.807, 2.05) is 25.8 Å². The molecule has 1 atom stereocenters. The van der Waals surface area contributed by atoms with Crippen LogP contribution in [0.4, 0.5) is 0 Å². The molecule has 0 aromatic carbocycles. The molecule has 1 rings (SSSR count). The fourth-order valence-corrected chi connectivity index (χ4v) is 3.37. The number of carbonyl (C=O) groups excluding carboxylic acids is 1. The average Bonchev–Trinajstić information content (AvgIpc) is 2.82. The number of halogens is 1. The normalized spacial score (nSPS) is 12.7. The topological polar surface area (TPSA) is 49.6 Å². The minimum Gasteiger partial charge on any atom is -0.343 e. The maximum Gasteiger partial charge on any atom is 0.224 e. The number of amides is 1. The van der Waals surface area contributed by atoms with Crippen LogP contribution in [0.15, 0.2) is 15.2 Å². The van der Waals surface area contributed by atoms with Crippen LogP contribution in [0.5, 0.6) is 0 Å². The van der Waals surface area contributed by atoms with Gasteiger partial charge in [-0.1, -0.05) is 0 Å². The molecule has 4 nitrogen and oxygen atoms in total. The number of hydrogen-bond acceptors (Lipinski definition) is 4. The highest BCUT2D eigenvalue weighted by Crippen LogP contribution is 2.22. The summed E-state index contributed by atoms with van der Waals surface area (Å²) < 4.78 is 1.13. The Morgan fingerprint density at radius 3 is 2.55 bits per heavy atom. The predicted molar refractivity (Wildman–Crippen MR) is 88.9 cm³/mol. The Morgan fingerprint density at radius 1 is 1.45 bits per heavy atom. The number of thiophene rings is 1. The van der Waals surface area contributed by atoms with Gasteiger partial charge in [-0.3, -0.25) is 9.69 Å². The first-order valence-corrected chi connectivity index (χ1v) is 8.60. The molecule has 0 aliphatic rings. The highest BCUT2D eigenvalue weighted by molar-refractivity contribution is 9.11. The lowest BCUT2D eigenvalue weighted by Gasteiger charge is -2.28. The molecule has 0 saturated heterocycles. The van der Waals surface area contributed by atoms with Gasteiger partial charge < -0.3 is 10.6 Å². The summed E-state index contributed by atoms with van der Waals surface area (Å²) in [5, 5.41) is 2.13. The van der Waals surface area contributed by atoms with Crippen LogP contribution < -0.4 is 5.73 Å². The van der Waals surface area contributed by atoms with Gasteiger partial charge in [0.1, 0.15) is 0 Å². The molecular weight excluding hydrogens is 338 g/mol. The minimum atomic E-state index is 0.0850. The zero-order valence-electron chi connectivity index (χ0n) is 12.4. The third-order valence-electron chi connectivity index (χ3n) is 3.48. The average molecular weight is 362 g/mol. The summed E-state index contributed by atoms with van der Waals surface area (Å²) in [7, 11) is 2.03. The summed E-state index contributed by atoms with van der Waals surface area (Å²) in [6.45, 7) is 6.84. The summed E-state index contributed by atoms with van der Waals surface area (Å²) in [4.78, 5) is 16.2. The lowest BCUT2D eigenvalue weighted by Crippen LogP contribution is -2.42.